The third-order valence-corrected chi connectivity index (χ3v) is 5.45. The van der Waals surface area contributed by atoms with Crippen LogP contribution < -0.4 is 4.90 Å². The number of hydrogen-bond acceptors (Lipinski definition) is 4. The molecule has 0 bridgehead atoms. The van der Waals surface area contributed by atoms with Gasteiger partial charge in [-0.25, -0.2) is 14.2 Å². The molecule has 0 unspecified atom stereocenters. The van der Waals surface area contributed by atoms with Gasteiger partial charge in [0.25, 0.3) is 5.91 Å². The average Bonchev–Trinajstić information content (AvgIpc) is 3.06. The predicted molar refractivity (Wildman–Crippen MR) is 121 cm³/mol. The third kappa shape index (κ3) is 3.91. The summed E-state index contributed by atoms with van der Waals surface area (Å²) in [7, 11) is 1.30. The van der Waals surface area contributed by atoms with Gasteiger partial charge in [-0.3, -0.25) is 4.79 Å². The molecule has 2 aromatic carbocycles. The normalized spacial score (nSPS) is 14.5. The summed E-state index contributed by atoms with van der Waals surface area (Å²) in [5.74, 6) is -0.963. The van der Waals surface area contributed by atoms with Gasteiger partial charge in [-0.2, -0.15) is 0 Å². The number of hydrogen-bond donors (Lipinski definition) is 0. The van der Waals surface area contributed by atoms with Gasteiger partial charge in [0.05, 0.1) is 30.6 Å². The largest absolute Gasteiger partial charge is 0.464 e. The summed E-state index contributed by atoms with van der Waals surface area (Å²) in [6, 6.07) is 18.9. The number of para-hydroxylation sites is 1. The first-order chi connectivity index (χ1) is 15.4. The maximum Gasteiger partial charge on any atom is 0.356 e. The number of esters is 1. The molecule has 5 nitrogen and oxygen atoms in total. The van der Waals surface area contributed by atoms with Crippen LogP contribution in [0.25, 0.3) is 11.1 Å². The fourth-order valence-corrected chi connectivity index (χ4v) is 4.04. The van der Waals surface area contributed by atoms with Gasteiger partial charge in [0.15, 0.2) is 0 Å². The highest BCUT2D eigenvalue weighted by Gasteiger charge is 2.35. The van der Waals surface area contributed by atoms with Gasteiger partial charge in [0.1, 0.15) is 11.5 Å². The SMILES string of the molecule is COC(=O)c1cccc(CN2C(=O)C(=C(c3ccc(F)cc3)C(C)C)c3ccccc32)n1. The number of ether oxygens (including phenoxy) is 1. The molecule has 3 aromatic rings. The molecule has 6 heteroatoms. The highest BCUT2D eigenvalue weighted by atomic mass is 19.1. The van der Waals surface area contributed by atoms with E-state index in [1.807, 2.05) is 38.1 Å². The molecule has 32 heavy (non-hydrogen) atoms. The van der Waals surface area contributed by atoms with Crippen LogP contribution in [0.15, 0.2) is 66.7 Å². The summed E-state index contributed by atoms with van der Waals surface area (Å²) in [5.41, 5.74) is 4.65. The molecule has 0 fully saturated rings. The topological polar surface area (TPSA) is 59.5 Å². The number of allylic oxidation sites excluding steroid dienone is 1. The number of pyridine rings is 1. The van der Waals surface area contributed by atoms with Crippen LogP contribution in [-0.2, 0) is 16.1 Å². The van der Waals surface area contributed by atoms with Gasteiger partial charge in [-0.15, -0.1) is 0 Å². The Balaban J connectivity index is 1.81. The molecule has 1 aliphatic heterocycles. The van der Waals surface area contributed by atoms with E-state index in [4.69, 9.17) is 4.74 Å². The lowest BCUT2D eigenvalue weighted by Gasteiger charge is -2.18. The number of halogens is 1. The van der Waals surface area contributed by atoms with Crippen molar-refractivity contribution in [2.45, 2.75) is 20.4 Å². The number of rotatable bonds is 5. The Labute approximate surface area is 186 Å². The molecule has 0 saturated carbocycles. The van der Waals surface area contributed by atoms with Crippen molar-refractivity contribution in [1.29, 1.82) is 0 Å². The van der Waals surface area contributed by atoms with E-state index in [0.717, 1.165) is 22.4 Å². The molecular weight excluding hydrogens is 407 g/mol. The van der Waals surface area contributed by atoms with Crippen LogP contribution in [0.2, 0.25) is 0 Å². The molecule has 162 valence electrons. The Morgan fingerprint density at radius 2 is 1.75 bits per heavy atom. The maximum atomic E-state index is 13.7. The van der Waals surface area contributed by atoms with Gasteiger partial charge in [-0.1, -0.05) is 50.2 Å². The fourth-order valence-electron chi connectivity index (χ4n) is 4.04. The minimum atomic E-state index is -0.529. The second-order valence-electron chi connectivity index (χ2n) is 7.86. The van der Waals surface area contributed by atoms with E-state index in [0.29, 0.717) is 11.3 Å². The van der Waals surface area contributed by atoms with Crippen LogP contribution in [0, 0.1) is 11.7 Å². The molecule has 0 N–H and O–H groups in total. The highest BCUT2D eigenvalue weighted by Crippen LogP contribution is 2.43. The van der Waals surface area contributed by atoms with Crippen LogP contribution in [-0.4, -0.2) is 24.0 Å². The first-order valence-electron chi connectivity index (χ1n) is 10.4. The molecule has 0 saturated heterocycles. The van der Waals surface area contributed by atoms with E-state index in [-0.39, 0.29) is 29.9 Å². The number of benzene rings is 2. The Morgan fingerprint density at radius 1 is 1.03 bits per heavy atom. The van der Waals surface area contributed by atoms with Gasteiger partial charge in [-0.05, 0) is 47.4 Å². The Hall–Kier alpha value is -3.80. The second kappa shape index (κ2) is 8.75. The number of carbonyl (C=O) groups excluding carboxylic acids is 2. The zero-order valence-corrected chi connectivity index (χ0v) is 18.1. The molecule has 0 aliphatic carbocycles. The van der Waals surface area contributed by atoms with Crippen molar-refractivity contribution in [2.75, 3.05) is 12.0 Å². The molecule has 4 rings (SSSR count). The second-order valence-corrected chi connectivity index (χ2v) is 7.86. The Kier molecular flexibility index (Phi) is 5.86. The van der Waals surface area contributed by atoms with Crippen LogP contribution in [0.4, 0.5) is 10.1 Å². The quantitative estimate of drug-likeness (QED) is 0.416. The van der Waals surface area contributed by atoms with Crippen molar-refractivity contribution < 1.29 is 18.7 Å². The van der Waals surface area contributed by atoms with E-state index in [2.05, 4.69) is 4.98 Å². The molecule has 0 radical (unpaired) electrons. The van der Waals surface area contributed by atoms with E-state index >= 15 is 0 Å². The molecule has 1 aliphatic rings. The van der Waals surface area contributed by atoms with Gasteiger partial charge in [0, 0.05) is 5.56 Å². The zero-order valence-electron chi connectivity index (χ0n) is 18.1. The van der Waals surface area contributed by atoms with Crippen molar-refractivity contribution in [2.24, 2.45) is 5.92 Å². The molecule has 2 heterocycles. The lowest BCUT2D eigenvalue weighted by atomic mass is 9.88. The van der Waals surface area contributed by atoms with Crippen LogP contribution in [0.1, 0.15) is 41.2 Å². The summed E-state index contributed by atoms with van der Waals surface area (Å²) in [5, 5.41) is 0. The smallest absolute Gasteiger partial charge is 0.356 e. The maximum absolute atomic E-state index is 13.7. The minimum absolute atomic E-state index is 0.0354. The Bertz CT molecular complexity index is 1220. The fraction of sp³-hybridized carbons (Fsp3) is 0.192. The number of methoxy groups -OCH3 is 1. The monoisotopic (exact) mass is 430 g/mol. The Morgan fingerprint density at radius 3 is 2.44 bits per heavy atom. The number of fused-ring (bicyclic) bond motifs is 1. The standard InChI is InChI=1S/C26H23FN2O3/c1-16(2)23(17-11-13-18(27)14-12-17)24-20-8-4-5-10-22(20)29(25(24)30)15-19-7-6-9-21(28-19)26(31)32-3/h4-14,16H,15H2,1-3H3. The van der Waals surface area contributed by atoms with Crippen LogP contribution in [0.5, 0.6) is 0 Å². The predicted octanol–water partition coefficient (Wildman–Crippen LogP) is 5.12. The summed E-state index contributed by atoms with van der Waals surface area (Å²) >= 11 is 0. The highest BCUT2D eigenvalue weighted by molar-refractivity contribution is 6.37. The van der Waals surface area contributed by atoms with E-state index < -0.39 is 5.97 Å². The average molecular weight is 430 g/mol. The van der Waals surface area contributed by atoms with Crippen molar-refractivity contribution in [1.82, 2.24) is 4.98 Å². The number of nitrogens with zero attached hydrogens (tertiary/aromatic N) is 2. The number of anilines is 1. The first-order valence-corrected chi connectivity index (χ1v) is 10.4. The molecule has 1 aromatic heterocycles. The number of aromatic nitrogens is 1. The summed E-state index contributed by atoms with van der Waals surface area (Å²) in [6.07, 6.45) is 0. The van der Waals surface area contributed by atoms with Gasteiger partial charge in [0.2, 0.25) is 0 Å². The minimum Gasteiger partial charge on any atom is -0.464 e. The summed E-state index contributed by atoms with van der Waals surface area (Å²) in [6.45, 7) is 4.25. The zero-order chi connectivity index (χ0) is 22.8. The van der Waals surface area contributed by atoms with Crippen LogP contribution >= 0.6 is 0 Å². The van der Waals surface area contributed by atoms with Gasteiger partial charge >= 0.3 is 5.97 Å². The summed E-state index contributed by atoms with van der Waals surface area (Å²) < 4.78 is 18.3. The van der Waals surface area contributed by atoms with Crippen molar-refractivity contribution in [3.8, 4) is 0 Å². The lowest BCUT2D eigenvalue weighted by Crippen LogP contribution is -2.27. The molecule has 0 spiro atoms. The lowest BCUT2D eigenvalue weighted by molar-refractivity contribution is -0.113. The van der Waals surface area contributed by atoms with Crippen molar-refractivity contribution >= 4 is 28.7 Å². The van der Waals surface area contributed by atoms with Crippen molar-refractivity contribution in [3.63, 3.8) is 0 Å². The molecule has 0 atom stereocenters. The molecular formula is C26H23FN2O3. The van der Waals surface area contributed by atoms with Gasteiger partial charge < -0.3 is 9.64 Å². The third-order valence-electron chi connectivity index (χ3n) is 5.45. The summed E-state index contributed by atoms with van der Waals surface area (Å²) in [4.78, 5) is 31.6. The van der Waals surface area contributed by atoms with Crippen LogP contribution in [0.3, 0.4) is 0 Å². The van der Waals surface area contributed by atoms with Crippen molar-refractivity contribution in [3.05, 3.63) is 95.1 Å². The van der Waals surface area contributed by atoms with E-state index in [1.165, 1.54) is 19.2 Å². The first kappa shape index (κ1) is 21.4. The number of amides is 1. The number of carbonyl (C=O) groups is 2. The molecule has 1 amide bonds. The van der Waals surface area contributed by atoms with E-state index in [9.17, 15) is 14.0 Å². The van der Waals surface area contributed by atoms with E-state index in [1.54, 1.807) is 35.2 Å².